The van der Waals surface area contributed by atoms with E-state index >= 15 is 0 Å². The van der Waals surface area contributed by atoms with E-state index in [2.05, 4.69) is 10.5 Å². The second-order valence-corrected chi connectivity index (χ2v) is 4.81. The normalized spacial score (nSPS) is 19.3. The molecule has 0 aliphatic heterocycles. The number of aromatic nitrogens is 2. The predicted octanol–water partition coefficient (Wildman–Crippen LogP) is 1.39. The quantitative estimate of drug-likeness (QED) is 0.598. The fourth-order valence-corrected chi connectivity index (χ4v) is 2.50. The van der Waals surface area contributed by atoms with Crippen molar-refractivity contribution in [3.05, 3.63) is 16.9 Å². The molecule has 1 aromatic rings. The van der Waals surface area contributed by atoms with E-state index in [1.165, 1.54) is 12.8 Å². The minimum Gasteiger partial charge on any atom is -0.376 e. The minimum absolute atomic E-state index is 0.0675. The zero-order valence-corrected chi connectivity index (χ0v) is 10.9. The number of nitrogens with two attached hydrogens (primary N) is 1. The summed E-state index contributed by atoms with van der Waals surface area (Å²) < 4.78 is 7.56. The van der Waals surface area contributed by atoms with Crippen LogP contribution in [0.1, 0.15) is 31.5 Å². The summed E-state index contributed by atoms with van der Waals surface area (Å²) in [5, 5.41) is 4.77. The van der Waals surface area contributed by atoms with Crippen LogP contribution in [0.4, 0.5) is 0 Å². The third kappa shape index (κ3) is 2.63. The highest BCUT2D eigenvalue weighted by Gasteiger charge is 2.39. The lowest BCUT2D eigenvalue weighted by atomic mass is 10.0. The molecule has 17 heavy (non-hydrogen) atoms. The first-order chi connectivity index (χ1) is 8.19. The Kier molecular flexibility index (Phi) is 4.04. The molecule has 0 spiro atoms. The minimum atomic E-state index is -0.109. The molecule has 1 heterocycles. The Morgan fingerprint density at radius 1 is 1.71 bits per heavy atom. The van der Waals surface area contributed by atoms with Crippen molar-refractivity contribution in [3.63, 3.8) is 0 Å². The Morgan fingerprint density at radius 2 is 2.41 bits per heavy atom. The Hall–Kier alpha value is -0.620. The van der Waals surface area contributed by atoms with Gasteiger partial charge in [-0.25, -0.2) is 5.43 Å². The first kappa shape index (κ1) is 12.8. The monoisotopic (exact) mass is 258 g/mol. The van der Waals surface area contributed by atoms with Gasteiger partial charge in [-0.1, -0.05) is 11.6 Å². The summed E-state index contributed by atoms with van der Waals surface area (Å²) >= 11 is 6.15. The second kappa shape index (κ2) is 5.35. The van der Waals surface area contributed by atoms with Crippen LogP contribution < -0.4 is 11.3 Å². The van der Waals surface area contributed by atoms with Crippen LogP contribution in [0.2, 0.25) is 5.02 Å². The first-order valence-corrected chi connectivity index (χ1v) is 6.32. The number of ether oxygens (including phenoxy) is 1. The Bertz CT molecular complexity index is 358. The van der Waals surface area contributed by atoms with E-state index in [1.807, 2.05) is 14.0 Å². The summed E-state index contributed by atoms with van der Waals surface area (Å²) in [6.07, 6.45) is 4.09. The molecule has 6 heteroatoms. The average molecular weight is 259 g/mol. The second-order valence-electron chi connectivity index (χ2n) is 4.40. The Morgan fingerprint density at radius 3 is 2.82 bits per heavy atom. The van der Waals surface area contributed by atoms with Crippen LogP contribution in [0, 0.1) is 5.92 Å². The number of nitrogens with one attached hydrogen (secondary N) is 1. The molecule has 1 fully saturated rings. The molecule has 0 bridgehead atoms. The molecule has 5 nitrogen and oxygen atoms in total. The molecule has 0 radical (unpaired) electrons. The lowest BCUT2D eigenvalue weighted by Gasteiger charge is -2.26. The number of hydrogen-bond acceptors (Lipinski definition) is 4. The Balaban J connectivity index is 2.24. The summed E-state index contributed by atoms with van der Waals surface area (Å²) in [6.45, 7) is 2.67. The van der Waals surface area contributed by atoms with Crippen molar-refractivity contribution in [3.8, 4) is 0 Å². The molecule has 3 N–H and O–H groups in total. The van der Waals surface area contributed by atoms with Crippen LogP contribution in [0.25, 0.3) is 0 Å². The highest BCUT2D eigenvalue weighted by atomic mass is 35.5. The fourth-order valence-electron chi connectivity index (χ4n) is 2.22. The lowest BCUT2D eigenvalue weighted by molar-refractivity contribution is 0.0166. The van der Waals surface area contributed by atoms with Gasteiger partial charge >= 0.3 is 0 Å². The van der Waals surface area contributed by atoms with Crippen LogP contribution in [-0.2, 0) is 11.8 Å². The molecular weight excluding hydrogens is 240 g/mol. The topological polar surface area (TPSA) is 65.1 Å². The van der Waals surface area contributed by atoms with Gasteiger partial charge in [0.15, 0.2) is 0 Å². The van der Waals surface area contributed by atoms with Crippen LogP contribution >= 0.6 is 11.6 Å². The molecule has 2 unspecified atom stereocenters. The van der Waals surface area contributed by atoms with Gasteiger partial charge in [0.1, 0.15) is 0 Å². The number of aryl methyl sites for hydroxylation is 1. The van der Waals surface area contributed by atoms with Crippen molar-refractivity contribution >= 4 is 11.6 Å². The van der Waals surface area contributed by atoms with Gasteiger partial charge in [0.2, 0.25) is 0 Å². The molecule has 1 saturated carbocycles. The predicted molar refractivity (Wildman–Crippen MR) is 66.4 cm³/mol. The van der Waals surface area contributed by atoms with E-state index in [0.29, 0.717) is 17.5 Å². The summed E-state index contributed by atoms with van der Waals surface area (Å²) in [7, 11) is 1.86. The summed E-state index contributed by atoms with van der Waals surface area (Å²) in [5.41, 5.74) is 3.71. The molecule has 0 aromatic carbocycles. The van der Waals surface area contributed by atoms with E-state index in [9.17, 15) is 0 Å². The fraction of sp³-hybridized carbons (Fsp3) is 0.727. The molecule has 0 amide bonds. The van der Waals surface area contributed by atoms with E-state index in [0.717, 1.165) is 5.69 Å². The van der Waals surface area contributed by atoms with Crippen molar-refractivity contribution in [1.29, 1.82) is 0 Å². The summed E-state index contributed by atoms with van der Waals surface area (Å²) in [5.74, 6) is 6.24. The molecular formula is C11H19ClN4O. The maximum atomic E-state index is 6.15. The maximum Gasteiger partial charge on any atom is 0.0908 e. The standard InChI is InChI=1S/C11H19ClN4O/c1-3-17-11(7-4-5-7)9(15-13)10-8(12)6-14-16(10)2/h6-7,9,11,15H,3-5,13H2,1-2H3. The highest BCUT2D eigenvalue weighted by molar-refractivity contribution is 6.31. The molecule has 1 aliphatic carbocycles. The van der Waals surface area contributed by atoms with Gasteiger partial charge in [0, 0.05) is 13.7 Å². The van der Waals surface area contributed by atoms with Crippen molar-refractivity contribution in [1.82, 2.24) is 15.2 Å². The van der Waals surface area contributed by atoms with Gasteiger partial charge in [0.25, 0.3) is 0 Å². The zero-order chi connectivity index (χ0) is 12.4. The largest absolute Gasteiger partial charge is 0.376 e. The number of rotatable bonds is 6. The van der Waals surface area contributed by atoms with E-state index in [-0.39, 0.29) is 12.1 Å². The maximum absolute atomic E-state index is 6.15. The van der Waals surface area contributed by atoms with Crippen LogP contribution in [0.15, 0.2) is 6.20 Å². The number of hydrogen-bond donors (Lipinski definition) is 2. The lowest BCUT2D eigenvalue weighted by Crippen LogP contribution is -2.40. The van der Waals surface area contributed by atoms with Crippen molar-refractivity contribution in [2.24, 2.45) is 18.8 Å². The summed E-state index contributed by atoms with van der Waals surface area (Å²) in [4.78, 5) is 0. The zero-order valence-electron chi connectivity index (χ0n) is 10.2. The Labute approximate surface area is 106 Å². The van der Waals surface area contributed by atoms with Crippen molar-refractivity contribution in [2.75, 3.05) is 6.61 Å². The van der Waals surface area contributed by atoms with E-state index < -0.39 is 0 Å². The molecule has 1 aromatic heterocycles. The van der Waals surface area contributed by atoms with Gasteiger partial charge in [-0.2, -0.15) is 5.10 Å². The first-order valence-electron chi connectivity index (χ1n) is 5.94. The molecule has 2 atom stereocenters. The number of hydrazine groups is 1. The van der Waals surface area contributed by atoms with E-state index in [1.54, 1.807) is 10.9 Å². The van der Waals surface area contributed by atoms with Gasteiger partial charge < -0.3 is 4.74 Å². The third-order valence-corrected chi connectivity index (χ3v) is 3.48. The van der Waals surface area contributed by atoms with Gasteiger partial charge in [-0.05, 0) is 25.7 Å². The average Bonchev–Trinajstić information content (AvgIpc) is 3.09. The SMILES string of the molecule is CCOC(C1CC1)C(NN)c1c(Cl)cnn1C. The van der Waals surface area contributed by atoms with Crippen molar-refractivity contribution < 1.29 is 4.74 Å². The molecule has 1 aliphatic rings. The van der Waals surface area contributed by atoms with Crippen molar-refractivity contribution in [2.45, 2.75) is 31.9 Å². The van der Waals surface area contributed by atoms with Gasteiger partial charge in [-0.15, -0.1) is 0 Å². The van der Waals surface area contributed by atoms with Gasteiger partial charge in [-0.3, -0.25) is 10.5 Å². The highest BCUT2D eigenvalue weighted by Crippen LogP contribution is 2.40. The van der Waals surface area contributed by atoms with Gasteiger partial charge in [0.05, 0.1) is 29.1 Å². The number of halogens is 1. The number of nitrogens with zero attached hydrogens (tertiary/aromatic N) is 2. The van der Waals surface area contributed by atoms with E-state index in [4.69, 9.17) is 22.2 Å². The molecule has 2 rings (SSSR count). The third-order valence-electron chi connectivity index (χ3n) is 3.19. The van der Waals surface area contributed by atoms with Crippen LogP contribution in [0.5, 0.6) is 0 Å². The van der Waals surface area contributed by atoms with Crippen LogP contribution in [-0.4, -0.2) is 22.5 Å². The molecule has 96 valence electrons. The van der Waals surface area contributed by atoms with Crippen LogP contribution in [0.3, 0.4) is 0 Å². The molecule has 0 saturated heterocycles. The summed E-state index contributed by atoms with van der Waals surface area (Å²) in [6, 6.07) is -0.109. The smallest absolute Gasteiger partial charge is 0.0908 e.